The Morgan fingerprint density at radius 2 is 1.60 bits per heavy atom. The Labute approximate surface area is 203 Å². The van der Waals surface area contributed by atoms with Crippen molar-refractivity contribution in [1.29, 1.82) is 0 Å². The lowest BCUT2D eigenvalue weighted by atomic mass is 10.2. The zero-order chi connectivity index (χ0) is 23.9. The van der Waals surface area contributed by atoms with Gasteiger partial charge in [0.05, 0.1) is 19.4 Å². The third-order valence-electron chi connectivity index (χ3n) is 5.91. The van der Waals surface area contributed by atoms with Crippen molar-refractivity contribution in [2.75, 3.05) is 54.6 Å². The molecule has 35 heavy (non-hydrogen) atoms. The fraction of sp³-hybridized carbons (Fsp3) is 0.360. The molecule has 0 bridgehead atoms. The SMILES string of the molecule is Fc1ccccc1COc1ccc(/C=N\Nc2nc(N3CCCC3)nc(N3CCOCC3)n2)cc1. The normalized spacial score (nSPS) is 16.1. The maximum atomic E-state index is 13.7. The van der Waals surface area contributed by atoms with E-state index in [0.29, 0.717) is 42.4 Å². The number of rotatable bonds is 8. The van der Waals surface area contributed by atoms with Crippen LogP contribution < -0.4 is 20.0 Å². The van der Waals surface area contributed by atoms with Gasteiger partial charge in [-0.15, -0.1) is 0 Å². The van der Waals surface area contributed by atoms with Crippen LogP contribution >= 0.6 is 0 Å². The molecule has 2 aliphatic rings. The first-order chi connectivity index (χ1) is 17.2. The summed E-state index contributed by atoms with van der Waals surface area (Å²) >= 11 is 0. The predicted molar refractivity (Wildman–Crippen MR) is 133 cm³/mol. The van der Waals surface area contributed by atoms with Gasteiger partial charge in [0.15, 0.2) is 0 Å². The van der Waals surface area contributed by atoms with Gasteiger partial charge in [0.1, 0.15) is 18.2 Å². The largest absolute Gasteiger partial charge is 0.489 e. The highest BCUT2D eigenvalue weighted by Gasteiger charge is 2.21. The maximum Gasteiger partial charge on any atom is 0.250 e. The van der Waals surface area contributed by atoms with Gasteiger partial charge in [-0.3, -0.25) is 0 Å². The highest BCUT2D eigenvalue weighted by molar-refractivity contribution is 5.80. The van der Waals surface area contributed by atoms with E-state index in [1.165, 1.54) is 6.07 Å². The van der Waals surface area contributed by atoms with Crippen LogP contribution in [0.15, 0.2) is 53.6 Å². The van der Waals surface area contributed by atoms with Crippen molar-refractivity contribution in [1.82, 2.24) is 15.0 Å². The molecule has 1 aromatic heterocycles. The predicted octanol–water partition coefficient (Wildman–Crippen LogP) is 3.47. The lowest BCUT2D eigenvalue weighted by Crippen LogP contribution is -2.38. The van der Waals surface area contributed by atoms with E-state index in [1.807, 2.05) is 24.3 Å². The fourth-order valence-corrected chi connectivity index (χ4v) is 3.96. The molecule has 2 saturated heterocycles. The summed E-state index contributed by atoms with van der Waals surface area (Å²) in [5, 5.41) is 4.32. The van der Waals surface area contributed by atoms with Crippen LogP contribution in [-0.2, 0) is 11.3 Å². The number of hydrogen-bond acceptors (Lipinski definition) is 9. The van der Waals surface area contributed by atoms with Gasteiger partial charge in [-0.2, -0.15) is 20.1 Å². The zero-order valence-corrected chi connectivity index (χ0v) is 19.4. The Balaban J connectivity index is 1.23. The molecular formula is C25H28FN7O2. The topological polar surface area (TPSA) is 88.0 Å². The monoisotopic (exact) mass is 477 g/mol. The molecule has 0 unspecified atom stereocenters. The summed E-state index contributed by atoms with van der Waals surface area (Å²) in [5.74, 6) is 2.10. The first-order valence-electron chi connectivity index (χ1n) is 11.8. The number of nitrogens with one attached hydrogen (secondary N) is 1. The Morgan fingerprint density at radius 3 is 2.31 bits per heavy atom. The summed E-state index contributed by atoms with van der Waals surface area (Å²) in [7, 11) is 0. The molecular weight excluding hydrogens is 449 g/mol. The number of aromatic nitrogens is 3. The van der Waals surface area contributed by atoms with Crippen LogP contribution in [0.5, 0.6) is 5.75 Å². The Bertz CT molecular complexity index is 1150. The van der Waals surface area contributed by atoms with E-state index in [9.17, 15) is 4.39 Å². The van der Waals surface area contributed by atoms with Crippen LogP contribution in [-0.4, -0.2) is 60.6 Å². The number of hydrogen-bond donors (Lipinski definition) is 1. The van der Waals surface area contributed by atoms with E-state index in [4.69, 9.17) is 14.5 Å². The second-order valence-corrected chi connectivity index (χ2v) is 8.37. The van der Waals surface area contributed by atoms with E-state index >= 15 is 0 Å². The molecule has 5 rings (SSSR count). The van der Waals surface area contributed by atoms with E-state index in [0.717, 1.165) is 44.6 Å². The van der Waals surface area contributed by atoms with Crippen LogP contribution in [0.2, 0.25) is 0 Å². The standard InChI is InChI=1S/C25H28FN7O2/c26-22-6-2-1-5-20(22)18-35-21-9-7-19(8-10-21)17-27-31-23-28-24(32-11-3-4-12-32)30-25(29-23)33-13-15-34-16-14-33/h1-2,5-10,17H,3-4,11-16,18H2,(H,28,29,30,31)/b27-17-. The Morgan fingerprint density at radius 1 is 0.914 bits per heavy atom. The molecule has 10 heteroatoms. The van der Waals surface area contributed by atoms with Gasteiger partial charge in [0.2, 0.25) is 17.8 Å². The summed E-state index contributed by atoms with van der Waals surface area (Å²) < 4.78 is 24.9. The number of morpholine rings is 1. The Kier molecular flexibility index (Phi) is 7.28. The molecule has 0 atom stereocenters. The number of halogens is 1. The third-order valence-corrected chi connectivity index (χ3v) is 5.91. The lowest BCUT2D eigenvalue weighted by Gasteiger charge is -2.27. The average Bonchev–Trinajstić information content (AvgIpc) is 3.45. The molecule has 0 saturated carbocycles. The average molecular weight is 478 g/mol. The molecule has 0 amide bonds. The van der Waals surface area contributed by atoms with Crippen molar-refractivity contribution >= 4 is 24.1 Å². The molecule has 182 valence electrons. The van der Waals surface area contributed by atoms with Crippen molar-refractivity contribution < 1.29 is 13.9 Å². The van der Waals surface area contributed by atoms with Gasteiger partial charge < -0.3 is 19.3 Å². The number of hydrazone groups is 1. The van der Waals surface area contributed by atoms with Gasteiger partial charge in [0.25, 0.3) is 0 Å². The summed E-state index contributed by atoms with van der Waals surface area (Å²) in [6.07, 6.45) is 3.97. The molecule has 0 radical (unpaired) electrons. The minimum Gasteiger partial charge on any atom is -0.489 e. The highest BCUT2D eigenvalue weighted by atomic mass is 19.1. The molecule has 0 spiro atoms. The van der Waals surface area contributed by atoms with Crippen molar-refractivity contribution in [3.63, 3.8) is 0 Å². The molecule has 2 aliphatic heterocycles. The molecule has 9 nitrogen and oxygen atoms in total. The van der Waals surface area contributed by atoms with Gasteiger partial charge in [0, 0.05) is 31.7 Å². The smallest absolute Gasteiger partial charge is 0.250 e. The van der Waals surface area contributed by atoms with E-state index in [1.54, 1.807) is 24.4 Å². The summed E-state index contributed by atoms with van der Waals surface area (Å²) in [4.78, 5) is 18.2. The van der Waals surface area contributed by atoms with Gasteiger partial charge >= 0.3 is 0 Å². The minimum atomic E-state index is -0.273. The molecule has 3 aromatic rings. The van der Waals surface area contributed by atoms with Gasteiger partial charge in [-0.05, 0) is 48.7 Å². The van der Waals surface area contributed by atoms with Crippen LogP contribution in [0.4, 0.5) is 22.2 Å². The lowest BCUT2D eigenvalue weighted by molar-refractivity contribution is 0.122. The van der Waals surface area contributed by atoms with Crippen molar-refractivity contribution in [2.24, 2.45) is 5.10 Å². The van der Waals surface area contributed by atoms with Crippen LogP contribution in [0.3, 0.4) is 0 Å². The molecule has 3 heterocycles. The van der Waals surface area contributed by atoms with Gasteiger partial charge in [-0.1, -0.05) is 18.2 Å². The first-order valence-corrected chi connectivity index (χ1v) is 11.8. The minimum absolute atomic E-state index is 0.172. The number of anilines is 3. The molecule has 0 aliphatic carbocycles. The summed E-state index contributed by atoms with van der Waals surface area (Å²) in [6.45, 7) is 4.87. The maximum absolute atomic E-state index is 13.7. The van der Waals surface area contributed by atoms with Crippen molar-refractivity contribution in [3.8, 4) is 5.75 Å². The van der Waals surface area contributed by atoms with Gasteiger partial charge in [-0.25, -0.2) is 9.82 Å². The zero-order valence-electron chi connectivity index (χ0n) is 19.4. The van der Waals surface area contributed by atoms with Crippen LogP contribution in [0.1, 0.15) is 24.0 Å². The highest BCUT2D eigenvalue weighted by Crippen LogP contribution is 2.21. The van der Waals surface area contributed by atoms with Crippen LogP contribution in [0.25, 0.3) is 0 Å². The van der Waals surface area contributed by atoms with Crippen molar-refractivity contribution in [2.45, 2.75) is 19.4 Å². The molecule has 2 fully saturated rings. The number of nitrogens with zero attached hydrogens (tertiary/aromatic N) is 6. The molecule has 1 N–H and O–H groups in total. The second-order valence-electron chi connectivity index (χ2n) is 8.37. The third kappa shape index (κ3) is 6.02. The first kappa shape index (κ1) is 23.0. The Hall–Kier alpha value is -3.79. The summed E-state index contributed by atoms with van der Waals surface area (Å²) in [5.41, 5.74) is 4.34. The summed E-state index contributed by atoms with van der Waals surface area (Å²) in [6, 6.07) is 14.0. The van der Waals surface area contributed by atoms with E-state index < -0.39 is 0 Å². The fourth-order valence-electron chi connectivity index (χ4n) is 3.96. The van der Waals surface area contributed by atoms with E-state index in [-0.39, 0.29) is 12.4 Å². The molecule has 2 aromatic carbocycles. The van der Waals surface area contributed by atoms with Crippen molar-refractivity contribution in [3.05, 3.63) is 65.5 Å². The number of ether oxygens (including phenoxy) is 2. The van der Waals surface area contributed by atoms with E-state index in [2.05, 4.69) is 30.3 Å². The second kappa shape index (κ2) is 11.1. The quantitative estimate of drug-likeness (QED) is 0.390. The van der Waals surface area contributed by atoms with Crippen LogP contribution in [0, 0.1) is 5.82 Å². The number of benzene rings is 2.